The van der Waals surface area contributed by atoms with E-state index in [0.29, 0.717) is 0 Å². The first-order chi connectivity index (χ1) is 6.92. The molecule has 0 saturated heterocycles. The van der Waals surface area contributed by atoms with Crippen LogP contribution in [-0.4, -0.2) is 21.3 Å². The summed E-state index contributed by atoms with van der Waals surface area (Å²) >= 11 is 0. The van der Waals surface area contributed by atoms with Crippen molar-refractivity contribution in [1.82, 2.24) is 0 Å². The predicted octanol–water partition coefficient (Wildman–Crippen LogP) is 2.25. The van der Waals surface area contributed by atoms with Crippen LogP contribution >= 0.6 is 10.7 Å². The van der Waals surface area contributed by atoms with E-state index >= 15 is 0 Å². The highest BCUT2D eigenvalue weighted by atomic mass is 35.7. The summed E-state index contributed by atoms with van der Waals surface area (Å²) in [4.78, 5) is 0. The molecule has 0 aliphatic heterocycles. The fourth-order valence-corrected chi connectivity index (χ4v) is 2.30. The molecule has 84 valence electrons. The van der Waals surface area contributed by atoms with Gasteiger partial charge < -0.3 is 4.74 Å². The van der Waals surface area contributed by atoms with Crippen molar-refractivity contribution in [2.24, 2.45) is 0 Å². The van der Waals surface area contributed by atoms with E-state index in [0.717, 1.165) is 11.1 Å². The molecule has 1 aromatic carbocycles. The van der Waals surface area contributed by atoms with Gasteiger partial charge in [0.05, 0.1) is 11.9 Å². The molecule has 0 saturated carbocycles. The van der Waals surface area contributed by atoms with Gasteiger partial charge in [-0.1, -0.05) is 29.8 Å². The Balaban J connectivity index is 2.88. The number of halogens is 1. The van der Waals surface area contributed by atoms with Crippen molar-refractivity contribution in [3.8, 4) is 0 Å². The largest absolute Gasteiger partial charge is 0.376 e. The lowest BCUT2D eigenvalue weighted by Gasteiger charge is -2.13. The minimum Gasteiger partial charge on any atom is -0.376 e. The van der Waals surface area contributed by atoms with Gasteiger partial charge in [-0.2, -0.15) is 0 Å². The average Bonchev–Trinajstić information content (AvgIpc) is 2.14. The molecule has 0 N–H and O–H groups in total. The Morgan fingerprint density at radius 1 is 1.33 bits per heavy atom. The van der Waals surface area contributed by atoms with E-state index < -0.39 is 15.2 Å². The highest BCUT2D eigenvalue weighted by Gasteiger charge is 2.18. The fourth-order valence-electron chi connectivity index (χ4n) is 1.26. The van der Waals surface area contributed by atoms with E-state index in [4.69, 9.17) is 15.4 Å². The first kappa shape index (κ1) is 12.5. The predicted molar refractivity (Wildman–Crippen MR) is 60.6 cm³/mol. The van der Waals surface area contributed by atoms with Gasteiger partial charge in [-0.25, -0.2) is 8.42 Å². The molecule has 0 radical (unpaired) electrons. The second-order valence-electron chi connectivity index (χ2n) is 3.34. The lowest BCUT2D eigenvalue weighted by atomic mass is 10.1. The van der Waals surface area contributed by atoms with Crippen LogP contribution in [0.5, 0.6) is 0 Å². The number of ether oxygens (including phenoxy) is 1. The van der Waals surface area contributed by atoms with Gasteiger partial charge >= 0.3 is 0 Å². The molecule has 1 unspecified atom stereocenters. The molecule has 5 heteroatoms. The third-order valence-electron chi connectivity index (χ3n) is 2.08. The summed E-state index contributed by atoms with van der Waals surface area (Å²) in [6.45, 7) is 1.96. The molecule has 0 fully saturated rings. The average molecular weight is 249 g/mol. The smallest absolute Gasteiger partial charge is 0.235 e. The van der Waals surface area contributed by atoms with E-state index in [-0.39, 0.29) is 5.75 Å². The van der Waals surface area contributed by atoms with Crippen molar-refractivity contribution >= 4 is 19.7 Å². The van der Waals surface area contributed by atoms with Crippen LogP contribution in [0.1, 0.15) is 17.2 Å². The lowest BCUT2D eigenvalue weighted by molar-refractivity contribution is 0.122. The summed E-state index contributed by atoms with van der Waals surface area (Å²) in [5, 5.41) is 0. The molecule has 0 aliphatic rings. The van der Waals surface area contributed by atoms with Gasteiger partial charge in [0.25, 0.3) is 0 Å². The van der Waals surface area contributed by atoms with Gasteiger partial charge in [-0.15, -0.1) is 0 Å². The normalized spacial score (nSPS) is 13.8. The van der Waals surface area contributed by atoms with Crippen molar-refractivity contribution in [2.45, 2.75) is 13.0 Å². The SMILES string of the molecule is COC(CS(=O)(=O)Cl)c1ccc(C)cc1. The topological polar surface area (TPSA) is 43.4 Å². The first-order valence-corrected chi connectivity index (χ1v) is 6.92. The maximum absolute atomic E-state index is 10.9. The zero-order valence-corrected chi connectivity index (χ0v) is 10.2. The van der Waals surface area contributed by atoms with E-state index in [9.17, 15) is 8.42 Å². The number of hydrogen-bond acceptors (Lipinski definition) is 3. The molecule has 0 aliphatic carbocycles. The summed E-state index contributed by atoms with van der Waals surface area (Å²) in [6, 6.07) is 7.49. The van der Waals surface area contributed by atoms with Crippen molar-refractivity contribution in [3.63, 3.8) is 0 Å². The highest BCUT2D eigenvalue weighted by Crippen LogP contribution is 2.20. The Morgan fingerprint density at radius 3 is 2.27 bits per heavy atom. The Morgan fingerprint density at radius 2 is 1.87 bits per heavy atom. The molecule has 3 nitrogen and oxygen atoms in total. The minimum absolute atomic E-state index is 0.214. The zero-order chi connectivity index (χ0) is 11.5. The molecule has 0 amide bonds. The van der Waals surface area contributed by atoms with E-state index in [1.807, 2.05) is 31.2 Å². The fraction of sp³-hybridized carbons (Fsp3) is 0.400. The third kappa shape index (κ3) is 4.20. The summed E-state index contributed by atoms with van der Waals surface area (Å²) in [6.07, 6.45) is -0.506. The Kier molecular flexibility index (Phi) is 4.13. The maximum Gasteiger partial charge on any atom is 0.235 e. The van der Waals surface area contributed by atoms with Gasteiger partial charge in [0.15, 0.2) is 0 Å². The van der Waals surface area contributed by atoms with Crippen LogP contribution in [0.15, 0.2) is 24.3 Å². The standard InChI is InChI=1S/C10H13ClO3S/c1-8-3-5-9(6-4-8)10(14-2)7-15(11,12)13/h3-6,10H,7H2,1-2H3. The van der Waals surface area contributed by atoms with Crippen LogP contribution in [0, 0.1) is 6.92 Å². The van der Waals surface area contributed by atoms with Gasteiger partial charge in [0.2, 0.25) is 9.05 Å². The molecule has 15 heavy (non-hydrogen) atoms. The first-order valence-electron chi connectivity index (χ1n) is 4.44. The zero-order valence-electron chi connectivity index (χ0n) is 8.60. The molecule has 0 spiro atoms. The van der Waals surface area contributed by atoms with Crippen LogP contribution in [0.25, 0.3) is 0 Å². The second-order valence-corrected chi connectivity index (χ2v) is 6.16. The Labute approximate surface area is 94.4 Å². The van der Waals surface area contributed by atoms with Crippen LogP contribution in [0.3, 0.4) is 0 Å². The van der Waals surface area contributed by atoms with Crippen LogP contribution in [0.2, 0.25) is 0 Å². The maximum atomic E-state index is 10.9. The summed E-state index contributed by atoms with van der Waals surface area (Å²) in [7, 11) is 3.10. The number of aryl methyl sites for hydroxylation is 1. The van der Waals surface area contributed by atoms with Gasteiger partial charge in [0.1, 0.15) is 0 Å². The van der Waals surface area contributed by atoms with E-state index in [1.54, 1.807) is 0 Å². The van der Waals surface area contributed by atoms with Gasteiger partial charge in [0, 0.05) is 17.8 Å². The number of methoxy groups -OCH3 is 1. The summed E-state index contributed by atoms with van der Waals surface area (Å²) in [5.41, 5.74) is 1.93. The molecular weight excluding hydrogens is 236 g/mol. The van der Waals surface area contributed by atoms with Gasteiger partial charge in [-0.3, -0.25) is 0 Å². The van der Waals surface area contributed by atoms with Crippen molar-refractivity contribution in [3.05, 3.63) is 35.4 Å². The quantitative estimate of drug-likeness (QED) is 0.768. The number of rotatable bonds is 4. The van der Waals surface area contributed by atoms with Crippen molar-refractivity contribution < 1.29 is 13.2 Å². The highest BCUT2D eigenvalue weighted by molar-refractivity contribution is 8.13. The molecule has 1 atom stereocenters. The van der Waals surface area contributed by atoms with Crippen molar-refractivity contribution in [1.29, 1.82) is 0 Å². The Bertz CT molecular complexity index is 411. The van der Waals surface area contributed by atoms with Crippen LogP contribution in [-0.2, 0) is 13.8 Å². The van der Waals surface area contributed by atoms with Crippen LogP contribution < -0.4 is 0 Å². The van der Waals surface area contributed by atoms with Gasteiger partial charge in [-0.05, 0) is 12.5 Å². The molecule has 0 bridgehead atoms. The lowest BCUT2D eigenvalue weighted by Crippen LogP contribution is -2.12. The van der Waals surface area contributed by atoms with E-state index in [1.165, 1.54) is 7.11 Å². The number of hydrogen-bond donors (Lipinski definition) is 0. The van der Waals surface area contributed by atoms with E-state index in [2.05, 4.69) is 0 Å². The summed E-state index contributed by atoms with van der Waals surface area (Å²) < 4.78 is 26.9. The molecule has 0 aromatic heterocycles. The molecule has 1 aromatic rings. The molecule has 1 rings (SSSR count). The minimum atomic E-state index is -3.55. The Hall–Kier alpha value is -0.580. The summed E-state index contributed by atoms with van der Waals surface area (Å²) in [5.74, 6) is -0.214. The number of benzene rings is 1. The third-order valence-corrected chi connectivity index (χ3v) is 3.16. The molecular formula is C10H13ClO3S. The molecule has 0 heterocycles. The van der Waals surface area contributed by atoms with Crippen LogP contribution in [0.4, 0.5) is 0 Å². The second kappa shape index (κ2) is 4.96. The van der Waals surface area contributed by atoms with Crippen molar-refractivity contribution in [2.75, 3.05) is 12.9 Å². The monoisotopic (exact) mass is 248 g/mol.